The van der Waals surface area contributed by atoms with E-state index in [1.165, 1.54) is 0 Å². The third kappa shape index (κ3) is 3.38. The van der Waals surface area contributed by atoms with Crippen LogP contribution in [0.5, 0.6) is 0 Å². The maximum absolute atomic E-state index is 12.8. The molecule has 2 aliphatic rings. The number of amides is 1. The van der Waals surface area contributed by atoms with Crippen LogP contribution in [-0.2, 0) is 11.8 Å². The van der Waals surface area contributed by atoms with Crippen LogP contribution in [0.2, 0.25) is 0 Å². The monoisotopic (exact) mass is 364 g/mol. The van der Waals surface area contributed by atoms with Crippen LogP contribution in [0.1, 0.15) is 36.2 Å². The number of piperidine rings is 1. The van der Waals surface area contributed by atoms with Gasteiger partial charge in [-0.15, -0.1) is 12.4 Å². The molecule has 4 rings (SSSR count). The van der Waals surface area contributed by atoms with Gasteiger partial charge in [0.2, 0.25) is 0 Å². The summed E-state index contributed by atoms with van der Waals surface area (Å²) in [7, 11) is 1.94. The first kappa shape index (κ1) is 18.2. The molecule has 2 N–H and O–H groups in total. The molecule has 2 aliphatic heterocycles. The number of hydrogen-bond acceptors (Lipinski definition) is 4. The number of carbonyl (C=O) groups is 1. The second-order valence-electron chi connectivity index (χ2n) is 6.87. The fraction of sp³-hybridized carbons (Fsp3) is 0.556. The molecule has 7 heteroatoms. The van der Waals surface area contributed by atoms with Gasteiger partial charge in [0.15, 0.2) is 0 Å². The Morgan fingerprint density at radius 1 is 1.36 bits per heavy atom. The highest BCUT2D eigenvalue weighted by atomic mass is 35.5. The van der Waals surface area contributed by atoms with Crippen LogP contribution in [0.4, 0.5) is 0 Å². The van der Waals surface area contributed by atoms with E-state index >= 15 is 0 Å². The van der Waals surface area contributed by atoms with Gasteiger partial charge in [-0.05, 0) is 57.0 Å². The molecule has 4 heterocycles. The second-order valence-corrected chi connectivity index (χ2v) is 6.87. The van der Waals surface area contributed by atoms with Crippen molar-refractivity contribution in [3.63, 3.8) is 0 Å². The van der Waals surface area contributed by atoms with Crippen LogP contribution in [0, 0.1) is 0 Å². The summed E-state index contributed by atoms with van der Waals surface area (Å²) in [5.74, 6) is -0.105. The molecule has 0 aromatic carbocycles. The zero-order valence-electron chi connectivity index (χ0n) is 14.5. The van der Waals surface area contributed by atoms with Crippen molar-refractivity contribution in [3.8, 4) is 0 Å². The van der Waals surface area contributed by atoms with Crippen molar-refractivity contribution < 1.29 is 9.53 Å². The number of aryl methyl sites for hydroxylation is 1. The molecule has 6 nitrogen and oxygen atoms in total. The molecule has 136 valence electrons. The van der Waals surface area contributed by atoms with Crippen LogP contribution < -0.4 is 10.6 Å². The summed E-state index contributed by atoms with van der Waals surface area (Å²) in [6, 6.07) is 5.82. The molecule has 1 amide bonds. The summed E-state index contributed by atoms with van der Waals surface area (Å²) < 4.78 is 8.09. The molecule has 1 spiro atoms. The fourth-order valence-corrected chi connectivity index (χ4v) is 3.97. The molecule has 2 aromatic rings. The minimum absolute atomic E-state index is 0. The second kappa shape index (κ2) is 7.32. The van der Waals surface area contributed by atoms with Gasteiger partial charge in [-0.2, -0.15) is 0 Å². The zero-order chi connectivity index (χ0) is 16.6. The summed E-state index contributed by atoms with van der Waals surface area (Å²) in [4.78, 5) is 17.3. The first-order chi connectivity index (χ1) is 11.7. The van der Waals surface area contributed by atoms with Crippen molar-refractivity contribution in [2.75, 3.05) is 19.7 Å². The van der Waals surface area contributed by atoms with Crippen molar-refractivity contribution in [1.29, 1.82) is 0 Å². The number of pyridine rings is 1. The lowest BCUT2D eigenvalue weighted by atomic mass is 9.80. The van der Waals surface area contributed by atoms with E-state index in [1.54, 1.807) is 6.07 Å². The minimum atomic E-state index is -0.214. The highest BCUT2D eigenvalue weighted by molar-refractivity contribution is 5.94. The van der Waals surface area contributed by atoms with Crippen molar-refractivity contribution >= 4 is 29.3 Å². The third-order valence-electron chi connectivity index (χ3n) is 5.37. The van der Waals surface area contributed by atoms with Crippen LogP contribution in [-0.4, -0.2) is 46.8 Å². The largest absolute Gasteiger partial charge is 0.373 e. The van der Waals surface area contributed by atoms with Gasteiger partial charge in [0.1, 0.15) is 11.3 Å². The van der Waals surface area contributed by atoms with Crippen molar-refractivity contribution in [1.82, 2.24) is 20.2 Å². The predicted octanol–water partition coefficient (Wildman–Crippen LogP) is 2.03. The van der Waals surface area contributed by atoms with E-state index in [0.717, 1.165) is 56.4 Å². The quantitative estimate of drug-likeness (QED) is 0.855. The Morgan fingerprint density at radius 2 is 2.16 bits per heavy atom. The normalized spacial score (nSPS) is 22.5. The molecular formula is C18H25ClN4O2. The Kier molecular flexibility index (Phi) is 5.32. The molecule has 1 unspecified atom stereocenters. The van der Waals surface area contributed by atoms with Crippen molar-refractivity contribution in [2.45, 2.75) is 37.3 Å². The Bertz CT molecular complexity index is 746. The number of nitrogens with zero attached hydrogens (tertiary/aromatic N) is 2. The van der Waals surface area contributed by atoms with E-state index in [2.05, 4.69) is 15.6 Å². The molecule has 25 heavy (non-hydrogen) atoms. The van der Waals surface area contributed by atoms with Gasteiger partial charge in [-0.3, -0.25) is 4.79 Å². The van der Waals surface area contributed by atoms with Crippen LogP contribution >= 0.6 is 12.4 Å². The minimum Gasteiger partial charge on any atom is -0.373 e. The summed E-state index contributed by atoms with van der Waals surface area (Å²) in [5.41, 5.74) is 1.09. The average Bonchev–Trinajstić information content (AvgIpc) is 2.98. The fourth-order valence-electron chi connectivity index (χ4n) is 3.97. The Hall–Kier alpha value is -1.63. The smallest absolute Gasteiger partial charge is 0.270 e. The van der Waals surface area contributed by atoms with Gasteiger partial charge in [0.05, 0.1) is 11.6 Å². The molecule has 0 radical (unpaired) electrons. The molecule has 0 aliphatic carbocycles. The Morgan fingerprint density at radius 3 is 2.96 bits per heavy atom. The number of hydrogen-bond donors (Lipinski definition) is 2. The highest BCUT2D eigenvalue weighted by Gasteiger charge is 2.43. The molecule has 2 fully saturated rings. The van der Waals surface area contributed by atoms with Gasteiger partial charge < -0.3 is 19.9 Å². The summed E-state index contributed by atoms with van der Waals surface area (Å²) >= 11 is 0. The summed E-state index contributed by atoms with van der Waals surface area (Å²) in [6.07, 6.45) is 5.81. The lowest BCUT2D eigenvalue weighted by molar-refractivity contribution is -0.114. The number of halogens is 1. The first-order valence-corrected chi connectivity index (χ1v) is 8.76. The molecule has 2 aromatic heterocycles. The van der Waals surface area contributed by atoms with Crippen molar-refractivity contribution in [3.05, 3.63) is 30.1 Å². The molecule has 2 saturated heterocycles. The third-order valence-corrected chi connectivity index (χ3v) is 5.37. The SMILES string of the molecule is Cl.Cn1ccc2ccc(C(=O)NC3CCCOC34CCNCC4)nc21. The topological polar surface area (TPSA) is 68.2 Å². The predicted molar refractivity (Wildman–Crippen MR) is 99.2 cm³/mol. The van der Waals surface area contributed by atoms with Crippen LogP contribution in [0.25, 0.3) is 11.0 Å². The number of aromatic nitrogens is 2. The van der Waals surface area contributed by atoms with Crippen LogP contribution in [0.3, 0.4) is 0 Å². The van der Waals surface area contributed by atoms with E-state index in [1.807, 2.05) is 29.9 Å². The Labute approximate surface area is 153 Å². The molecule has 1 atom stereocenters. The standard InChI is InChI=1S/C18H24N4O2.ClH/c1-22-11-6-13-4-5-14(20-16(13)22)17(23)21-15-3-2-12-24-18(15)7-9-19-10-8-18;/h4-6,11,15,19H,2-3,7-10,12H2,1H3,(H,21,23);1H. The molecular weight excluding hydrogens is 340 g/mol. The van der Waals surface area contributed by atoms with Crippen LogP contribution in [0.15, 0.2) is 24.4 Å². The first-order valence-electron chi connectivity index (χ1n) is 8.76. The summed E-state index contributed by atoms with van der Waals surface area (Å²) in [6.45, 7) is 2.68. The van der Waals surface area contributed by atoms with Crippen molar-refractivity contribution in [2.24, 2.45) is 7.05 Å². The lowest BCUT2D eigenvalue weighted by Crippen LogP contribution is -2.60. The highest BCUT2D eigenvalue weighted by Crippen LogP contribution is 2.33. The number of rotatable bonds is 2. The van der Waals surface area contributed by atoms with Gasteiger partial charge >= 0.3 is 0 Å². The van der Waals surface area contributed by atoms with Gasteiger partial charge in [0.25, 0.3) is 5.91 Å². The van der Waals surface area contributed by atoms with E-state index < -0.39 is 0 Å². The number of fused-ring (bicyclic) bond motifs is 1. The lowest BCUT2D eigenvalue weighted by Gasteiger charge is -2.46. The number of nitrogens with one attached hydrogen (secondary N) is 2. The van der Waals surface area contributed by atoms with Gasteiger partial charge in [0, 0.05) is 25.2 Å². The number of ether oxygens (including phenoxy) is 1. The average molecular weight is 365 g/mol. The van der Waals surface area contributed by atoms with E-state index in [0.29, 0.717) is 5.69 Å². The maximum Gasteiger partial charge on any atom is 0.270 e. The van der Waals surface area contributed by atoms with E-state index in [4.69, 9.17) is 4.74 Å². The number of carbonyl (C=O) groups excluding carboxylic acids is 1. The molecule has 0 saturated carbocycles. The molecule has 0 bridgehead atoms. The van der Waals surface area contributed by atoms with Gasteiger partial charge in [-0.25, -0.2) is 4.98 Å². The Balaban J connectivity index is 0.00000182. The van der Waals surface area contributed by atoms with E-state index in [9.17, 15) is 4.79 Å². The van der Waals surface area contributed by atoms with Gasteiger partial charge in [-0.1, -0.05) is 0 Å². The zero-order valence-corrected chi connectivity index (χ0v) is 15.3. The summed E-state index contributed by atoms with van der Waals surface area (Å²) in [5, 5.41) is 7.63. The van der Waals surface area contributed by atoms with E-state index in [-0.39, 0.29) is 30.0 Å². The maximum atomic E-state index is 12.8.